The van der Waals surface area contributed by atoms with Gasteiger partial charge in [0.1, 0.15) is 5.82 Å². The van der Waals surface area contributed by atoms with Crippen LogP contribution in [-0.2, 0) is 21.2 Å². The Morgan fingerprint density at radius 2 is 2.10 bits per heavy atom. The molecule has 8 heteroatoms. The van der Waals surface area contributed by atoms with Crippen molar-refractivity contribution < 1.29 is 13.2 Å². The zero-order valence-corrected chi connectivity index (χ0v) is 13.7. The Bertz CT molecular complexity index is 562. The summed E-state index contributed by atoms with van der Waals surface area (Å²) < 4.78 is 32.5. The van der Waals surface area contributed by atoms with Gasteiger partial charge in [0.15, 0.2) is 5.03 Å². The van der Waals surface area contributed by atoms with Crippen molar-refractivity contribution in [3.8, 4) is 0 Å². The Balaban J connectivity index is 2.00. The number of nitrogens with one attached hydrogen (secondary N) is 2. The molecule has 1 fully saturated rings. The van der Waals surface area contributed by atoms with Crippen LogP contribution in [0.15, 0.2) is 11.2 Å². The number of sulfonamides is 1. The van der Waals surface area contributed by atoms with Gasteiger partial charge in [-0.15, -0.1) is 0 Å². The van der Waals surface area contributed by atoms with Crippen molar-refractivity contribution in [2.75, 3.05) is 32.8 Å². The van der Waals surface area contributed by atoms with Crippen molar-refractivity contribution in [3.63, 3.8) is 0 Å². The minimum atomic E-state index is -3.55. The Kier molecular flexibility index (Phi) is 5.03. The molecule has 21 heavy (non-hydrogen) atoms. The third kappa shape index (κ3) is 4.03. The average molecular weight is 316 g/mol. The molecule has 0 aliphatic carbocycles. The third-order valence-corrected chi connectivity index (χ3v) is 5.10. The lowest BCUT2D eigenvalue weighted by Gasteiger charge is -2.40. The van der Waals surface area contributed by atoms with E-state index in [4.69, 9.17) is 4.74 Å². The highest BCUT2D eigenvalue weighted by atomic mass is 32.2. The van der Waals surface area contributed by atoms with E-state index >= 15 is 0 Å². The lowest BCUT2D eigenvalue weighted by molar-refractivity contribution is -0.00804. The number of imidazole rings is 1. The number of ether oxygens (including phenoxy) is 1. The second-order valence-electron chi connectivity index (χ2n) is 5.78. The minimum Gasteiger partial charge on any atom is -0.379 e. The van der Waals surface area contributed by atoms with Crippen molar-refractivity contribution in [3.05, 3.63) is 12.0 Å². The molecule has 2 heterocycles. The van der Waals surface area contributed by atoms with Crippen LogP contribution in [0.1, 0.15) is 26.6 Å². The molecule has 1 saturated heterocycles. The van der Waals surface area contributed by atoms with Gasteiger partial charge in [-0.2, -0.15) is 0 Å². The van der Waals surface area contributed by atoms with Gasteiger partial charge in [-0.05, 0) is 13.8 Å². The van der Waals surface area contributed by atoms with Gasteiger partial charge in [-0.3, -0.25) is 4.90 Å². The molecule has 0 saturated carbocycles. The second kappa shape index (κ2) is 6.43. The number of nitrogens with zero attached hydrogens (tertiary/aromatic N) is 2. The van der Waals surface area contributed by atoms with E-state index in [-0.39, 0.29) is 10.6 Å². The van der Waals surface area contributed by atoms with Crippen LogP contribution >= 0.6 is 0 Å². The number of morpholine rings is 1. The zero-order chi connectivity index (χ0) is 15.5. The fraction of sp³-hybridized carbons (Fsp3) is 0.769. The van der Waals surface area contributed by atoms with E-state index in [0.29, 0.717) is 32.0 Å². The highest BCUT2D eigenvalue weighted by Gasteiger charge is 2.30. The van der Waals surface area contributed by atoms with E-state index in [1.54, 1.807) is 0 Å². The highest BCUT2D eigenvalue weighted by molar-refractivity contribution is 7.89. The highest BCUT2D eigenvalue weighted by Crippen LogP contribution is 2.16. The molecule has 1 aliphatic heterocycles. The minimum absolute atomic E-state index is 0.122. The molecule has 0 unspecified atom stereocenters. The van der Waals surface area contributed by atoms with Gasteiger partial charge in [0.25, 0.3) is 10.0 Å². The summed E-state index contributed by atoms with van der Waals surface area (Å²) in [6.07, 6.45) is 2.04. The van der Waals surface area contributed by atoms with Gasteiger partial charge in [-0.1, -0.05) is 6.92 Å². The lowest BCUT2D eigenvalue weighted by atomic mass is 10.0. The van der Waals surface area contributed by atoms with E-state index in [0.717, 1.165) is 13.1 Å². The molecule has 0 radical (unpaired) electrons. The predicted molar refractivity (Wildman–Crippen MR) is 79.6 cm³/mol. The standard InChI is InChI=1S/C13H24N4O3S/c1-4-11-14-9-12(16-11)21(18,19)15-10-13(2,3)17-5-7-20-8-6-17/h9,15H,4-8,10H2,1-3H3,(H,14,16). The number of aryl methyl sites for hydroxylation is 1. The van der Waals surface area contributed by atoms with Crippen LogP contribution in [0, 0.1) is 0 Å². The van der Waals surface area contributed by atoms with E-state index in [1.807, 2.05) is 20.8 Å². The maximum absolute atomic E-state index is 12.3. The molecule has 7 nitrogen and oxygen atoms in total. The summed E-state index contributed by atoms with van der Waals surface area (Å²) in [6, 6.07) is 0. The van der Waals surface area contributed by atoms with E-state index < -0.39 is 10.0 Å². The molecular formula is C13H24N4O3S. The quantitative estimate of drug-likeness (QED) is 0.791. The molecule has 120 valence electrons. The summed E-state index contributed by atoms with van der Waals surface area (Å²) in [6.45, 7) is 9.35. The first-order chi connectivity index (χ1) is 9.85. The Morgan fingerprint density at radius 3 is 2.67 bits per heavy atom. The fourth-order valence-electron chi connectivity index (χ4n) is 2.29. The van der Waals surface area contributed by atoms with Crippen LogP contribution in [0.25, 0.3) is 0 Å². The van der Waals surface area contributed by atoms with Crippen LogP contribution in [0.5, 0.6) is 0 Å². The molecule has 0 amide bonds. The summed E-state index contributed by atoms with van der Waals surface area (Å²) in [7, 11) is -3.55. The monoisotopic (exact) mass is 316 g/mol. The number of hydrogen-bond acceptors (Lipinski definition) is 5. The second-order valence-corrected chi connectivity index (χ2v) is 7.52. The smallest absolute Gasteiger partial charge is 0.257 e. The average Bonchev–Trinajstić information content (AvgIpc) is 2.96. The van der Waals surface area contributed by atoms with Crippen LogP contribution in [-0.4, -0.2) is 61.7 Å². The molecular weight excluding hydrogens is 292 g/mol. The number of hydrogen-bond donors (Lipinski definition) is 2. The third-order valence-electron chi connectivity index (χ3n) is 3.79. The largest absolute Gasteiger partial charge is 0.379 e. The van der Waals surface area contributed by atoms with Crippen molar-refractivity contribution in [2.45, 2.75) is 37.8 Å². The van der Waals surface area contributed by atoms with Crippen molar-refractivity contribution in [2.24, 2.45) is 0 Å². The molecule has 1 aromatic heterocycles. The maximum Gasteiger partial charge on any atom is 0.257 e. The topological polar surface area (TPSA) is 87.3 Å². The molecule has 1 aromatic rings. The van der Waals surface area contributed by atoms with Gasteiger partial charge in [0.2, 0.25) is 0 Å². The number of aromatic nitrogens is 2. The molecule has 0 spiro atoms. The summed E-state index contributed by atoms with van der Waals surface area (Å²) >= 11 is 0. The summed E-state index contributed by atoms with van der Waals surface area (Å²) in [4.78, 5) is 9.10. The first-order valence-electron chi connectivity index (χ1n) is 7.21. The SMILES string of the molecule is CCc1ncc(S(=O)(=O)NCC(C)(C)N2CCOCC2)[nH]1. The number of H-pyrrole nitrogens is 1. The maximum atomic E-state index is 12.3. The Hall–Kier alpha value is -0.960. The van der Waals surface area contributed by atoms with Crippen LogP contribution in [0.4, 0.5) is 0 Å². The Morgan fingerprint density at radius 1 is 1.43 bits per heavy atom. The molecule has 1 aliphatic rings. The van der Waals surface area contributed by atoms with E-state index in [1.165, 1.54) is 6.20 Å². The number of aromatic amines is 1. The van der Waals surface area contributed by atoms with Crippen LogP contribution in [0.2, 0.25) is 0 Å². The van der Waals surface area contributed by atoms with Crippen LogP contribution in [0.3, 0.4) is 0 Å². The molecule has 0 aromatic carbocycles. The van der Waals surface area contributed by atoms with Gasteiger partial charge in [0, 0.05) is 31.6 Å². The summed E-state index contributed by atoms with van der Waals surface area (Å²) in [5.74, 6) is 0.669. The van der Waals surface area contributed by atoms with Crippen molar-refractivity contribution >= 4 is 10.0 Å². The number of rotatable bonds is 6. The van der Waals surface area contributed by atoms with Crippen LogP contribution < -0.4 is 4.72 Å². The molecule has 2 N–H and O–H groups in total. The summed E-state index contributed by atoms with van der Waals surface area (Å²) in [5, 5.41) is 0.122. The fourth-order valence-corrected chi connectivity index (χ4v) is 3.43. The van der Waals surface area contributed by atoms with Gasteiger partial charge in [0.05, 0.1) is 19.4 Å². The van der Waals surface area contributed by atoms with Gasteiger partial charge >= 0.3 is 0 Å². The molecule has 0 atom stereocenters. The van der Waals surface area contributed by atoms with Gasteiger partial charge < -0.3 is 9.72 Å². The molecule has 2 rings (SSSR count). The predicted octanol–water partition coefficient (Wildman–Crippen LogP) is 0.361. The zero-order valence-electron chi connectivity index (χ0n) is 12.8. The summed E-state index contributed by atoms with van der Waals surface area (Å²) in [5.41, 5.74) is -0.259. The first-order valence-corrected chi connectivity index (χ1v) is 8.70. The van der Waals surface area contributed by atoms with E-state index in [2.05, 4.69) is 19.6 Å². The lowest BCUT2D eigenvalue weighted by Crippen LogP contribution is -2.55. The Labute approximate surface area is 126 Å². The first kappa shape index (κ1) is 16.4. The normalized spacial score (nSPS) is 18.0. The van der Waals surface area contributed by atoms with Gasteiger partial charge in [-0.25, -0.2) is 18.1 Å². The van der Waals surface area contributed by atoms with Crippen molar-refractivity contribution in [1.82, 2.24) is 19.6 Å². The van der Waals surface area contributed by atoms with E-state index in [9.17, 15) is 8.42 Å². The van der Waals surface area contributed by atoms with Crippen molar-refractivity contribution in [1.29, 1.82) is 0 Å². The molecule has 0 bridgehead atoms.